The van der Waals surface area contributed by atoms with Crippen molar-refractivity contribution in [1.82, 2.24) is 0 Å². The van der Waals surface area contributed by atoms with E-state index in [-0.39, 0.29) is 0 Å². The van der Waals surface area contributed by atoms with Crippen molar-refractivity contribution in [3.05, 3.63) is 10.9 Å². The fraction of sp³-hybridized carbons (Fsp3) is 0.600. The van der Waals surface area contributed by atoms with Crippen LogP contribution in [0, 0.1) is 0 Å². The van der Waals surface area contributed by atoms with Gasteiger partial charge in [0.05, 0.1) is 0 Å². The highest BCUT2D eigenvalue weighted by molar-refractivity contribution is 8.05. The number of nitrogens with two attached hydrogens (primary N) is 1. The predicted octanol–water partition coefficient (Wildman–Crippen LogP) is 0.461. The zero-order valence-electron chi connectivity index (χ0n) is 4.63. The monoisotopic (exact) mass is 125 g/mol. The highest BCUT2D eigenvalue weighted by atomic mass is 32.2. The maximum Gasteiger partial charge on any atom is 0.122 e. The molecule has 1 nitrogen and oxygen atoms in total. The maximum absolute atomic E-state index is 5.47. The minimum Gasteiger partial charge on any atom is -0.329 e. The molecule has 3 heteroatoms. The molecule has 0 aliphatic carbocycles. The Morgan fingerprint density at radius 3 is 3.00 bits per heavy atom. The summed E-state index contributed by atoms with van der Waals surface area (Å²) in [6.45, 7) is 0.738. The molecule has 0 aromatic rings. The van der Waals surface area contributed by atoms with E-state index in [0.717, 1.165) is 17.8 Å². The molecule has 0 aromatic carbocycles. The van der Waals surface area contributed by atoms with Crippen LogP contribution in [-0.2, 0) is 0 Å². The Labute approximate surface area is 55.1 Å². The van der Waals surface area contributed by atoms with E-state index in [9.17, 15) is 0 Å². The van der Waals surface area contributed by atoms with E-state index in [0.29, 0.717) is 5.25 Å². The molecule has 1 atom stereocenters. The molecular weight excluding hydrogens is 117 g/mol. The smallest absolute Gasteiger partial charge is 0.122 e. The van der Waals surface area contributed by atoms with E-state index in [2.05, 4.69) is 0 Å². The third kappa shape index (κ3) is 1.29. The van der Waals surface area contributed by atoms with Crippen LogP contribution in [0.5, 0.6) is 0 Å². The summed E-state index contributed by atoms with van der Waals surface area (Å²) in [5, 5.41) is 0.551. The van der Waals surface area contributed by atoms with Gasteiger partial charge < -0.3 is 5.73 Å². The summed E-state index contributed by atoms with van der Waals surface area (Å²) >= 11 is 1.68. The summed E-state index contributed by atoms with van der Waals surface area (Å²) in [4.78, 5) is 0.931. The standard InChI is InChI=1S/C5H8BNS/c6-5-2-1-4(3-7)8-5/h2,4H,1,3,7H2. The molecule has 1 aliphatic heterocycles. The Morgan fingerprint density at radius 1 is 2.00 bits per heavy atom. The van der Waals surface area contributed by atoms with Crippen molar-refractivity contribution in [3.8, 4) is 0 Å². The van der Waals surface area contributed by atoms with Crippen molar-refractivity contribution in [2.24, 2.45) is 5.73 Å². The highest BCUT2D eigenvalue weighted by Gasteiger charge is 2.11. The van der Waals surface area contributed by atoms with Crippen molar-refractivity contribution in [1.29, 1.82) is 0 Å². The summed E-state index contributed by atoms with van der Waals surface area (Å²) in [6, 6.07) is 0. The van der Waals surface area contributed by atoms with Crippen LogP contribution in [0.15, 0.2) is 10.9 Å². The van der Waals surface area contributed by atoms with Crippen LogP contribution in [0.1, 0.15) is 6.42 Å². The van der Waals surface area contributed by atoms with Crippen LogP contribution in [0.25, 0.3) is 0 Å². The van der Waals surface area contributed by atoms with Crippen LogP contribution in [0.3, 0.4) is 0 Å². The number of rotatable bonds is 1. The van der Waals surface area contributed by atoms with Gasteiger partial charge in [-0.3, -0.25) is 0 Å². The topological polar surface area (TPSA) is 26.0 Å². The Morgan fingerprint density at radius 2 is 2.75 bits per heavy atom. The minimum atomic E-state index is 0.551. The van der Waals surface area contributed by atoms with Gasteiger partial charge in [-0.15, -0.1) is 11.8 Å². The van der Waals surface area contributed by atoms with E-state index < -0.39 is 0 Å². The second-order valence-corrected chi connectivity index (χ2v) is 3.19. The average Bonchev–Trinajstić information content (AvgIpc) is 2.14. The van der Waals surface area contributed by atoms with Crippen molar-refractivity contribution >= 4 is 19.6 Å². The molecule has 42 valence electrons. The first kappa shape index (κ1) is 6.24. The lowest BCUT2D eigenvalue weighted by Gasteiger charge is -2.02. The number of allylic oxidation sites excluding steroid dienone is 1. The highest BCUT2D eigenvalue weighted by Crippen LogP contribution is 2.28. The second-order valence-electron chi connectivity index (χ2n) is 1.82. The number of hydrogen-bond acceptors (Lipinski definition) is 2. The van der Waals surface area contributed by atoms with Gasteiger partial charge >= 0.3 is 0 Å². The second kappa shape index (κ2) is 2.60. The van der Waals surface area contributed by atoms with Gasteiger partial charge in [-0.1, -0.05) is 10.9 Å². The van der Waals surface area contributed by atoms with Crippen LogP contribution in [0.2, 0.25) is 0 Å². The summed E-state index contributed by atoms with van der Waals surface area (Å²) < 4.78 is 0. The fourth-order valence-corrected chi connectivity index (χ4v) is 1.55. The fourth-order valence-electron chi connectivity index (χ4n) is 0.681. The summed E-state index contributed by atoms with van der Waals surface area (Å²) in [6.07, 6.45) is 3.08. The summed E-state index contributed by atoms with van der Waals surface area (Å²) in [7, 11) is 5.47. The molecule has 1 heterocycles. The molecule has 0 amide bonds. The zero-order chi connectivity index (χ0) is 5.98. The van der Waals surface area contributed by atoms with E-state index in [1.165, 1.54) is 0 Å². The van der Waals surface area contributed by atoms with E-state index >= 15 is 0 Å². The molecule has 2 N–H and O–H groups in total. The lowest BCUT2D eigenvalue weighted by molar-refractivity contribution is 0.889. The molecule has 1 rings (SSSR count). The van der Waals surface area contributed by atoms with Crippen LogP contribution in [-0.4, -0.2) is 19.6 Å². The zero-order valence-corrected chi connectivity index (χ0v) is 5.45. The first-order valence-corrected chi connectivity index (χ1v) is 3.53. The Kier molecular flexibility index (Phi) is 2.03. The van der Waals surface area contributed by atoms with Gasteiger partial charge in [0.25, 0.3) is 0 Å². The molecule has 0 spiro atoms. The van der Waals surface area contributed by atoms with Crippen LogP contribution >= 0.6 is 11.8 Å². The molecule has 8 heavy (non-hydrogen) atoms. The molecule has 0 saturated heterocycles. The summed E-state index contributed by atoms with van der Waals surface area (Å²) in [5.41, 5.74) is 5.39. The van der Waals surface area contributed by atoms with E-state index in [1.807, 2.05) is 6.08 Å². The van der Waals surface area contributed by atoms with E-state index in [1.54, 1.807) is 11.8 Å². The summed E-state index contributed by atoms with van der Waals surface area (Å²) in [5.74, 6) is 0. The first-order valence-electron chi connectivity index (χ1n) is 2.65. The quantitative estimate of drug-likeness (QED) is 0.515. The minimum absolute atomic E-state index is 0.551. The molecule has 1 unspecified atom stereocenters. The van der Waals surface area contributed by atoms with Crippen molar-refractivity contribution in [3.63, 3.8) is 0 Å². The maximum atomic E-state index is 5.47. The van der Waals surface area contributed by atoms with Gasteiger partial charge in [-0.2, -0.15) is 0 Å². The van der Waals surface area contributed by atoms with Gasteiger partial charge in [-0.05, 0) is 6.42 Å². The van der Waals surface area contributed by atoms with Crippen LogP contribution in [0.4, 0.5) is 0 Å². The van der Waals surface area contributed by atoms with Gasteiger partial charge in [0.1, 0.15) is 7.85 Å². The Hall–Kier alpha value is 0.115. The molecule has 0 aromatic heterocycles. The third-order valence-corrected chi connectivity index (χ3v) is 2.30. The lowest BCUT2D eigenvalue weighted by Crippen LogP contribution is -2.13. The molecular formula is C5H8BNS. The molecule has 2 radical (unpaired) electrons. The number of hydrogen-bond donors (Lipinski definition) is 1. The molecule has 0 saturated carbocycles. The van der Waals surface area contributed by atoms with Crippen LogP contribution < -0.4 is 5.73 Å². The van der Waals surface area contributed by atoms with E-state index in [4.69, 9.17) is 13.6 Å². The largest absolute Gasteiger partial charge is 0.329 e. The molecule has 0 fully saturated rings. The van der Waals surface area contributed by atoms with Crippen molar-refractivity contribution in [2.45, 2.75) is 11.7 Å². The van der Waals surface area contributed by atoms with Gasteiger partial charge in [-0.25, -0.2) is 0 Å². The van der Waals surface area contributed by atoms with Crippen molar-refractivity contribution < 1.29 is 0 Å². The normalized spacial score (nSPS) is 28.1. The molecule has 0 bridgehead atoms. The third-order valence-electron chi connectivity index (χ3n) is 1.15. The van der Waals surface area contributed by atoms with Gasteiger partial charge in [0.2, 0.25) is 0 Å². The average molecular weight is 125 g/mol. The SMILES string of the molecule is [B]C1=CCC(CN)S1. The number of thioether (sulfide) groups is 1. The van der Waals surface area contributed by atoms with Crippen molar-refractivity contribution in [2.75, 3.05) is 6.54 Å². The first-order chi connectivity index (χ1) is 3.83. The predicted molar refractivity (Wildman–Crippen MR) is 38.9 cm³/mol. The Bertz CT molecular complexity index is 113. The lowest BCUT2D eigenvalue weighted by atomic mass is 10.1. The Balaban J connectivity index is 2.32. The van der Waals surface area contributed by atoms with Gasteiger partial charge in [0.15, 0.2) is 0 Å². The molecule has 1 aliphatic rings. The van der Waals surface area contributed by atoms with Gasteiger partial charge in [0, 0.05) is 11.8 Å².